The molecule has 3 aromatic rings. The summed E-state index contributed by atoms with van der Waals surface area (Å²) in [5, 5.41) is 12.8. The van der Waals surface area contributed by atoms with Crippen LogP contribution in [0.3, 0.4) is 0 Å². The van der Waals surface area contributed by atoms with Gasteiger partial charge in [-0.15, -0.1) is 0 Å². The molecule has 1 heterocycles. The number of aliphatic hydroxyl groups excluding tert-OH is 1. The molecule has 0 saturated heterocycles. The van der Waals surface area contributed by atoms with Gasteiger partial charge in [0, 0.05) is 54.2 Å². The predicted molar refractivity (Wildman–Crippen MR) is 103 cm³/mol. The molecule has 2 atom stereocenters. The molecular weight excluding hydrogens is 389 g/mol. The average molecular weight is 403 g/mol. The molecule has 126 valence electrons. The lowest BCUT2D eigenvalue weighted by Crippen LogP contribution is -2.09. The van der Waals surface area contributed by atoms with Crippen molar-refractivity contribution in [1.82, 2.24) is 4.98 Å². The molecule has 1 aromatic heterocycles. The number of aliphatic hydroxyl groups is 1. The van der Waals surface area contributed by atoms with E-state index in [0.29, 0.717) is 31.9 Å². The number of nitrogens with one attached hydrogen (secondary N) is 1. The van der Waals surface area contributed by atoms with Crippen LogP contribution in [-0.2, 0) is 10.8 Å². The zero-order chi connectivity index (χ0) is 17.4. The van der Waals surface area contributed by atoms with Gasteiger partial charge < -0.3 is 10.1 Å². The molecule has 0 aliphatic heterocycles. The summed E-state index contributed by atoms with van der Waals surface area (Å²) in [6, 6.07) is 10.6. The van der Waals surface area contributed by atoms with Gasteiger partial charge in [0.2, 0.25) is 0 Å². The highest BCUT2D eigenvalue weighted by molar-refractivity contribution is 7.84. The zero-order valence-electron chi connectivity index (χ0n) is 12.6. The molecular formula is C17H14Cl3NO2S. The number of fused-ring (bicyclic) bond motifs is 1. The van der Waals surface area contributed by atoms with Gasteiger partial charge in [-0.05, 0) is 30.3 Å². The van der Waals surface area contributed by atoms with E-state index in [-0.39, 0.29) is 5.75 Å². The van der Waals surface area contributed by atoms with Gasteiger partial charge in [0.1, 0.15) is 6.10 Å². The number of benzene rings is 2. The fourth-order valence-electron chi connectivity index (χ4n) is 2.75. The fraction of sp³-hybridized carbons (Fsp3) is 0.176. The lowest BCUT2D eigenvalue weighted by molar-refractivity contribution is 0.199. The van der Waals surface area contributed by atoms with Crippen LogP contribution in [0.2, 0.25) is 15.1 Å². The lowest BCUT2D eigenvalue weighted by Gasteiger charge is -2.13. The van der Waals surface area contributed by atoms with Crippen LogP contribution < -0.4 is 0 Å². The van der Waals surface area contributed by atoms with E-state index in [2.05, 4.69) is 4.98 Å². The normalized spacial score (nSPS) is 14.0. The van der Waals surface area contributed by atoms with Crippen molar-refractivity contribution in [1.29, 1.82) is 0 Å². The molecule has 0 amide bonds. The smallest absolute Gasteiger partial charge is 0.106 e. The van der Waals surface area contributed by atoms with Crippen molar-refractivity contribution in [2.24, 2.45) is 0 Å². The Morgan fingerprint density at radius 2 is 1.79 bits per heavy atom. The largest absolute Gasteiger partial charge is 0.386 e. The molecule has 2 unspecified atom stereocenters. The maximum absolute atomic E-state index is 11.5. The van der Waals surface area contributed by atoms with E-state index < -0.39 is 16.9 Å². The second-order valence-electron chi connectivity index (χ2n) is 5.46. The SMILES string of the molecule is CS(=O)CC(O)c1[nH]c2ccc(Cl)cc2c1-c1c(Cl)cccc1Cl. The molecule has 3 rings (SSSR count). The van der Waals surface area contributed by atoms with Gasteiger partial charge in [0.25, 0.3) is 0 Å². The van der Waals surface area contributed by atoms with Crippen LogP contribution in [-0.4, -0.2) is 26.3 Å². The topological polar surface area (TPSA) is 53.1 Å². The number of hydrogen-bond acceptors (Lipinski definition) is 2. The van der Waals surface area contributed by atoms with Crippen molar-refractivity contribution in [2.75, 3.05) is 12.0 Å². The summed E-state index contributed by atoms with van der Waals surface area (Å²) in [4.78, 5) is 3.19. The maximum Gasteiger partial charge on any atom is 0.106 e. The molecule has 0 saturated carbocycles. The molecule has 3 nitrogen and oxygen atoms in total. The first-order valence-corrected chi connectivity index (χ1v) is 9.98. The summed E-state index contributed by atoms with van der Waals surface area (Å²) in [6.45, 7) is 0. The number of halogens is 3. The zero-order valence-corrected chi connectivity index (χ0v) is 15.7. The summed E-state index contributed by atoms with van der Waals surface area (Å²) in [6.07, 6.45) is 0.606. The van der Waals surface area contributed by atoms with Crippen LogP contribution >= 0.6 is 34.8 Å². The molecule has 2 aromatic carbocycles. The summed E-state index contributed by atoms with van der Waals surface area (Å²) < 4.78 is 11.5. The number of H-pyrrole nitrogens is 1. The minimum Gasteiger partial charge on any atom is -0.386 e. The van der Waals surface area contributed by atoms with Gasteiger partial charge in [0.15, 0.2) is 0 Å². The second-order valence-corrected chi connectivity index (χ2v) is 8.19. The van der Waals surface area contributed by atoms with Crippen LogP contribution in [0, 0.1) is 0 Å². The third kappa shape index (κ3) is 3.35. The van der Waals surface area contributed by atoms with Crippen LogP contribution in [0.25, 0.3) is 22.0 Å². The molecule has 0 spiro atoms. The quantitative estimate of drug-likeness (QED) is 0.629. The van der Waals surface area contributed by atoms with E-state index in [0.717, 1.165) is 10.9 Å². The van der Waals surface area contributed by atoms with Gasteiger partial charge >= 0.3 is 0 Å². The molecule has 7 heteroatoms. The van der Waals surface area contributed by atoms with E-state index in [4.69, 9.17) is 34.8 Å². The molecule has 24 heavy (non-hydrogen) atoms. The Morgan fingerprint density at radius 3 is 2.42 bits per heavy atom. The number of hydrogen-bond donors (Lipinski definition) is 2. The minimum atomic E-state index is -1.16. The molecule has 0 bridgehead atoms. The summed E-state index contributed by atoms with van der Waals surface area (Å²) in [7, 11) is -1.16. The first-order valence-electron chi connectivity index (χ1n) is 7.12. The van der Waals surface area contributed by atoms with Gasteiger partial charge in [-0.25, -0.2) is 0 Å². The van der Waals surface area contributed by atoms with E-state index >= 15 is 0 Å². The average Bonchev–Trinajstić information content (AvgIpc) is 2.85. The second kappa shape index (κ2) is 7.06. The Bertz CT molecular complexity index is 919. The van der Waals surface area contributed by atoms with Crippen LogP contribution in [0.1, 0.15) is 11.8 Å². The minimum absolute atomic E-state index is 0.107. The highest BCUT2D eigenvalue weighted by atomic mass is 35.5. The molecule has 0 radical (unpaired) electrons. The monoisotopic (exact) mass is 401 g/mol. The van der Waals surface area contributed by atoms with E-state index in [1.54, 1.807) is 36.6 Å². The van der Waals surface area contributed by atoms with Crippen molar-refractivity contribution in [3.63, 3.8) is 0 Å². The maximum atomic E-state index is 11.5. The first-order chi connectivity index (χ1) is 11.4. The van der Waals surface area contributed by atoms with E-state index in [1.807, 2.05) is 6.07 Å². The Kier molecular flexibility index (Phi) is 5.23. The molecule has 0 aliphatic rings. The Morgan fingerprint density at radius 1 is 1.12 bits per heavy atom. The number of aromatic nitrogens is 1. The Hall–Kier alpha value is -1.04. The highest BCUT2D eigenvalue weighted by Crippen LogP contribution is 2.43. The van der Waals surface area contributed by atoms with Crippen LogP contribution in [0.5, 0.6) is 0 Å². The van der Waals surface area contributed by atoms with Gasteiger partial charge in [0.05, 0.1) is 11.4 Å². The van der Waals surface area contributed by atoms with Crippen molar-refractivity contribution >= 4 is 56.5 Å². The Balaban J connectivity index is 2.34. The van der Waals surface area contributed by atoms with Crippen LogP contribution in [0.4, 0.5) is 0 Å². The highest BCUT2D eigenvalue weighted by Gasteiger charge is 2.23. The van der Waals surface area contributed by atoms with Crippen molar-refractivity contribution < 1.29 is 9.32 Å². The fourth-order valence-corrected chi connectivity index (χ4v) is 4.12. The van der Waals surface area contributed by atoms with Crippen molar-refractivity contribution in [2.45, 2.75) is 6.10 Å². The van der Waals surface area contributed by atoms with Gasteiger partial charge in [-0.1, -0.05) is 40.9 Å². The summed E-state index contributed by atoms with van der Waals surface area (Å²) in [5.74, 6) is 0.107. The standard InChI is InChI=1S/C17H14Cl3NO2S/c1-24(23)8-14(22)17-15(16-11(19)3-2-4-12(16)20)10-7-9(18)5-6-13(10)21-17/h2-7,14,21-22H,8H2,1H3. The van der Waals surface area contributed by atoms with Crippen molar-refractivity contribution in [3.8, 4) is 11.1 Å². The van der Waals surface area contributed by atoms with Crippen LogP contribution in [0.15, 0.2) is 36.4 Å². The lowest BCUT2D eigenvalue weighted by atomic mass is 10.00. The molecule has 0 aliphatic carbocycles. The first kappa shape index (κ1) is 17.8. The Labute approximate surface area is 157 Å². The molecule has 0 fully saturated rings. The van der Waals surface area contributed by atoms with Gasteiger partial charge in [-0.2, -0.15) is 0 Å². The van der Waals surface area contributed by atoms with Gasteiger partial charge in [-0.3, -0.25) is 4.21 Å². The number of aromatic amines is 1. The van der Waals surface area contributed by atoms with Crippen molar-refractivity contribution in [3.05, 3.63) is 57.2 Å². The third-order valence-corrected chi connectivity index (χ3v) is 5.38. The van der Waals surface area contributed by atoms with E-state index in [9.17, 15) is 9.32 Å². The number of rotatable bonds is 4. The predicted octanol–water partition coefficient (Wildman–Crippen LogP) is 5.21. The van der Waals surface area contributed by atoms with E-state index in [1.165, 1.54) is 0 Å². The summed E-state index contributed by atoms with van der Waals surface area (Å²) >= 11 is 18.9. The third-order valence-electron chi connectivity index (χ3n) is 3.73. The summed E-state index contributed by atoms with van der Waals surface area (Å²) in [5.41, 5.74) is 2.62. The molecule has 2 N–H and O–H groups in total.